The highest BCUT2D eigenvalue weighted by atomic mass is 32.1. The van der Waals surface area contributed by atoms with Gasteiger partial charge < -0.3 is 10.6 Å². The molecule has 86 valence electrons. The van der Waals surface area contributed by atoms with Gasteiger partial charge in [0.05, 0.1) is 11.2 Å². The zero-order valence-corrected chi connectivity index (χ0v) is 9.91. The van der Waals surface area contributed by atoms with Crippen LogP contribution >= 0.6 is 12.2 Å². The summed E-state index contributed by atoms with van der Waals surface area (Å²) < 4.78 is 0. The molecule has 0 bridgehead atoms. The van der Waals surface area contributed by atoms with E-state index < -0.39 is 0 Å². The molecular weight excluding hydrogens is 224 g/mol. The third-order valence-corrected chi connectivity index (χ3v) is 2.28. The molecule has 6 heteroatoms. The van der Waals surface area contributed by atoms with E-state index in [0.717, 1.165) is 0 Å². The van der Waals surface area contributed by atoms with Crippen molar-refractivity contribution < 1.29 is 4.79 Å². The highest BCUT2D eigenvalue weighted by Crippen LogP contribution is 2.01. The van der Waals surface area contributed by atoms with Gasteiger partial charge in [-0.15, -0.1) is 0 Å². The molecule has 0 saturated heterocycles. The third kappa shape index (κ3) is 3.54. The van der Waals surface area contributed by atoms with Crippen LogP contribution in [0.3, 0.4) is 0 Å². The minimum atomic E-state index is -0.146. The van der Waals surface area contributed by atoms with Crippen LogP contribution in [-0.2, 0) is 0 Å². The van der Waals surface area contributed by atoms with Crippen LogP contribution in [0.25, 0.3) is 0 Å². The van der Waals surface area contributed by atoms with Crippen molar-refractivity contribution in [1.82, 2.24) is 14.9 Å². The van der Waals surface area contributed by atoms with E-state index in [0.29, 0.717) is 30.2 Å². The fraction of sp³-hybridized carbons (Fsp3) is 0.400. The normalized spacial score (nSPS) is 9.81. The molecule has 0 aromatic carbocycles. The van der Waals surface area contributed by atoms with Crippen molar-refractivity contribution in [2.45, 2.75) is 13.3 Å². The maximum absolute atomic E-state index is 11.9. The van der Waals surface area contributed by atoms with E-state index in [-0.39, 0.29) is 5.91 Å². The Morgan fingerprint density at radius 1 is 1.56 bits per heavy atom. The molecule has 0 aliphatic heterocycles. The van der Waals surface area contributed by atoms with Gasteiger partial charge in [0.2, 0.25) is 0 Å². The molecule has 0 aliphatic carbocycles. The largest absolute Gasteiger partial charge is 0.393 e. The van der Waals surface area contributed by atoms with Crippen LogP contribution in [0, 0.1) is 0 Å². The van der Waals surface area contributed by atoms with E-state index >= 15 is 0 Å². The lowest BCUT2D eigenvalue weighted by atomic mass is 10.3. The topological polar surface area (TPSA) is 72.1 Å². The first kappa shape index (κ1) is 12.5. The Labute approximate surface area is 99.7 Å². The molecule has 0 fully saturated rings. The molecule has 5 nitrogen and oxygen atoms in total. The molecule has 0 unspecified atom stereocenters. The second-order valence-corrected chi connectivity index (χ2v) is 3.72. The van der Waals surface area contributed by atoms with Crippen LogP contribution in [-0.4, -0.2) is 38.9 Å². The quantitative estimate of drug-likeness (QED) is 0.761. The zero-order chi connectivity index (χ0) is 12.0. The minimum absolute atomic E-state index is 0.146. The van der Waals surface area contributed by atoms with Gasteiger partial charge in [-0.3, -0.25) is 9.78 Å². The monoisotopic (exact) mass is 238 g/mol. The Hall–Kier alpha value is -1.56. The summed E-state index contributed by atoms with van der Waals surface area (Å²) in [5.74, 6) is -0.146. The van der Waals surface area contributed by atoms with Gasteiger partial charge in [0.25, 0.3) is 5.91 Å². The van der Waals surface area contributed by atoms with Gasteiger partial charge in [0, 0.05) is 31.9 Å². The number of hydrogen-bond donors (Lipinski definition) is 1. The summed E-state index contributed by atoms with van der Waals surface area (Å²) in [6.45, 7) is 3.01. The molecule has 1 aromatic rings. The van der Waals surface area contributed by atoms with Crippen LogP contribution in [0.5, 0.6) is 0 Å². The van der Waals surface area contributed by atoms with Crippen molar-refractivity contribution in [2.24, 2.45) is 5.73 Å². The SMILES string of the molecule is CCN(CCC(N)=S)C(=O)c1cnccn1. The molecular formula is C10H14N4OS. The lowest BCUT2D eigenvalue weighted by Gasteiger charge is -2.19. The molecule has 1 aromatic heterocycles. The van der Waals surface area contributed by atoms with Crippen LogP contribution in [0.4, 0.5) is 0 Å². The van der Waals surface area contributed by atoms with Crippen molar-refractivity contribution in [1.29, 1.82) is 0 Å². The van der Waals surface area contributed by atoms with E-state index in [9.17, 15) is 4.79 Å². The fourth-order valence-corrected chi connectivity index (χ4v) is 1.31. The predicted molar refractivity (Wildman–Crippen MR) is 65.0 cm³/mol. The molecule has 16 heavy (non-hydrogen) atoms. The first-order valence-corrected chi connectivity index (χ1v) is 5.39. The maximum atomic E-state index is 11.9. The second-order valence-electron chi connectivity index (χ2n) is 3.19. The van der Waals surface area contributed by atoms with Crippen LogP contribution in [0.1, 0.15) is 23.8 Å². The van der Waals surface area contributed by atoms with Gasteiger partial charge in [0.15, 0.2) is 0 Å². The molecule has 1 heterocycles. The Morgan fingerprint density at radius 2 is 2.31 bits per heavy atom. The summed E-state index contributed by atoms with van der Waals surface area (Å²) >= 11 is 4.78. The molecule has 0 saturated carbocycles. The maximum Gasteiger partial charge on any atom is 0.274 e. The predicted octanol–water partition coefficient (Wildman–Crippen LogP) is 0.615. The van der Waals surface area contributed by atoms with Crippen molar-refractivity contribution in [3.05, 3.63) is 24.3 Å². The van der Waals surface area contributed by atoms with Gasteiger partial charge in [-0.05, 0) is 6.92 Å². The van der Waals surface area contributed by atoms with Gasteiger partial charge in [0.1, 0.15) is 5.69 Å². The number of thiocarbonyl (C=S) groups is 1. The molecule has 1 rings (SSSR count). The average molecular weight is 238 g/mol. The first-order chi connectivity index (χ1) is 7.65. The smallest absolute Gasteiger partial charge is 0.274 e. The summed E-state index contributed by atoms with van der Waals surface area (Å²) in [7, 11) is 0. The van der Waals surface area contributed by atoms with Crippen molar-refractivity contribution in [3.63, 3.8) is 0 Å². The number of carbonyl (C=O) groups excluding carboxylic acids is 1. The van der Waals surface area contributed by atoms with Crippen LogP contribution < -0.4 is 5.73 Å². The highest BCUT2D eigenvalue weighted by molar-refractivity contribution is 7.80. The van der Waals surface area contributed by atoms with Gasteiger partial charge in [-0.1, -0.05) is 12.2 Å². The second kappa shape index (κ2) is 6.12. The Bertz CT molecular complexity index is 368. The lowest BCUT2D eigenvalue weighted by molar-refractivity contribution is 0.0762. The van der Waals surface area contributed by atoms with Crippen LogP contribution in [0.15, 0.2) is 18.6 Å². The van der Waals surface area contributed by atoms with Crippen LogP contribution in [0.2, 0.25) is 0 Å². The Morgan fingerprint density at radius 3 is 2.81 bits per heavy atom. The number of nitrogens with two attached hydrogens (primary N) is 1. The van der Waals surface area contributed by atoms with E-state index in [2.05, 4.69) is 9.97 Å². The summed E-state index contributed by atoms with van der Waals surface area (Å²) in [4.78, 5) is 21.8. The third-order valence-electron chi connectivity index (χ3n) is 2.08. The van der Waals surface area contributed by atoms with E-state index in [1.165, 1.54) is 18.6 Å². The zero-order valence-electron chi connectivity index (χ0n) is 9.09. The number of nitrogens with zero attached hydrogens (tertiary/aromatic N) is 3. The number of carbonyl (C=O) groups is 1. The highest BCUT2D eigenvalue weighted by Gasteiger charge is 2.15. The van der Waals surface area contributed by atoms with E-state index in [1.54, 1.807) is 4.90 Å². The summed E-state index contributed by atoms with van der Waals surface area (Å²) in [5.41, 5.74) is 5.74. The Balaban J connectivity index is 2.66. The van der Waals surface area contributed by atoms with Gasteiger partial charge in [-0.25, -0.2) is 4.98 Å². The number of hydrogen-bond acceptors (Lipinski definition) is 4. The minimum Gasteiger partial charge on any atom is -0.393 e. The average Bonchev–Trinajstić information content (AvgIpc) is 2.30. The number of aromatic nitrogens is 2. The van der Waals surface area contributed by atoms with Crippen molar-refractivity contribution in [3.8, 4) is 0 Å². The van der Waals surface area contributed by atoms with Crippen molar-refractivity contribution in [2.75, 3.05) is 13.1 Å². The fourth-order valence-electron chi connectivity index (χ4n) is 1.22. The standard InChI is InChI=1S/C10H14N4OS/c1-2-14(6-3-9(11)16)10(15)8-7-12-4-5-13-8/h4-5,7H,2-3,6H2,1H3,(H2,11,16). The number of rotatable bonds is 5. The lowest BCUT2D eigenvalue weighted by Crippen LogP contribution is -2.34. The van der Waals surface area contributed by atoms with Crippen molar-refractivity contribution >= 4 is 23.1 Å². The first-order valence-electron chi connectivity index (χ1n) is 4.98. The summed E-state index contributed by atoms with van der Waals surface area (Å²) in [6.07, 6.45) is 5.00. The molecule has 2 N–H and O–H groups in total. The van der Waals surface area contributed by atoms with Gasteiger partial charge in [-0.2, -0.15) is 0 Å². The summed E-state index contributed by atoms with van der Waals surface area (Å²) in [6, 6.07) is 0. The molecule has 0 aliphatic rings. The summed E-state index contributed by atoms with van der Waals surface area (Å²) in [5, 5.41) is 0. The number of amides is 1. The van der Waals surface area contributed by atoms with E-state index in [4.69, 9.17) is 18.0 Å². The molecule has 1 amide bonds. The Kier molecular flexibility index (Phi) is 4.78. The molecule has 0 atom stereocenters. The van der Waals surface area contributed by atoms with Gasteiger partial charge >= 0.3 is 0 Å². The molecule has 0 radical (unpaired) electrons. The van der Waals surface area contributed by atoms with E-state index in [1.807, 2.05) is 6.92 Å². The molecule has 0 spiro atoms.